The molecule has 4 rings (SSSR count). The lowest BCUT2D eigenvalue weighted by molar-refractivity contribution is 0.415. The number of aromatic nitrogens is 2. The second-order valence-corrected chi connectivity index (χ2v) is 6.71. The number of hydrogen-bond donors (Lipinski definition) is 1. The van der Waals surface area contributed by atoms with Crippen LogP contribution in [0.15, 0.2) is 72.9 Å². The summed E-state index contributed by atoms with van der Waals surface area (Å²) >= 11 is 6.22. The Hall–Kier alpha value is -2.98. The molecule has 4 nitrogen and oxygen atoms in total. The van der Waals surface area contributed by atoms with Crippen molar-refractivity contribution in [2.24, 2.45) is 0 Å². The first-order chi connectivity index (χ1) is 13.2. The SMILES string of the molecule is COc1ccc(-c2nc3ccc(Cl)cn3c2NCCc2ccccc2)cc1. The Labute approximate surface area is 163 Å². The molecule has 0 aliphatic rings. The summed E-state index contributed by atoms with van der Waals surface area (Å²) in [5.74, 6) is 1.76. The molecule has 2 heterocycles. The number of anilines is 1. The maximum Gasteiger partial charge on any atom is 0.139 e. The first-order valence-corrected chi connectivity index (χ1v) is 9.22. The molecule has 0 amide bonds. The van der Waals surface area contributed by atoms with Crippen LogP contribution < -0.4 is 10.1 Å². The molecule has 0 atom stereocenters. The lowest BCUT2D eigenvalue weighted by Crippen LogP contribution is -2.07. The van der Waals surface area contributed by atoms with E-state index in [9.17, 15) is 0 Å². The normalized spacial score (nSPS) is 10.9. The van der Waals surface area contributed by atoms with Crippen molar-refractivity contribution in [3.8, 4) is 17.0 Å². The van der Waals surface area contributed by atoms with E-state index in [0.29, 0.717) is 5.02 Å². The Kier molecular flexibility index (Phi) is 4.99. The number of pyridine rings is 1. The van der Waals surface area contributed by atoms with Crippen LogP contribution in [0, 0.1) is 0 Å². The molecule has 0 saturated carbocycles. The zero-order valence-electron chi connectivity index (χ0n) is 15.0. The Morgan fingerprint density at radius 3 is 2.52 bits per heavy atom. The molecule has 2 aromatic heterocycles. The maximum absolute atomic E-state index is 6.22. The summed E-state index contributed by atoms with van der Waals surface area (Å²) in [5.41, 5.74) is 4.07. The molecular weight excluding hydrogens is 358 g/mol. The highest BCUT2D eigenvalue weighted by atomic mass is 35.5. The largest absolute Gasteiger partial charge is 0.497 e. The van der Waals surface area contributed by atoms with Gasteiger partial charge in [0.05, 0.1) is 12.1 Å². The Morgan fingerprint density at radius 2 is 1.78 bits per heavy atom. The number of nitrogens with one attached hydrogen (secondary N) is 1. The number of benzene rings is 2. The third kappa shape index (κ3) is 3.76. The van der Waals surface area contributed by atoms with E-state index in [1.165, 1.54) is 5.56 Å². The number of methoxy groups -OCH3 is 1. The molecule has 5 heteroatoms. The van der Waals surface area contributed by atoms with Gasteiger partial charge in [-0.1, -0.05) is 41.9 Å². The van der Waals surface area contributed by atoms with Crippen molar-refractivity contribution in [2.45, 2.75) is 6.42 Å². The Bertz CT molecular complexity index is 1040. The van der Waals surface area contributed by atoms with Crippen LogP contribution in [0.2, 0.25) is 5.02 Å². The number of rotatable bonds is 6. The molecule has 0 radical (unpaired) electrons. The van der Waals surface area contributed by atoms with E-state index in [1.807, 2.05) is 53.1 Å². The summed E-state index contributed by atoms with van der Waals surface area (Å²) in [6.07, 6.45) is 2.82. The monoisotopic (exact) mass is 377 g/mol. The molecular formula is C22H20ClN3O. The molecule has 0 unspecified atom stereocenters. The van der Waals surface area contributed by atoms with E-state index < -0.39 is 0 Å². The number of nitrogens with zero attached hydrogens (tertiary/aromatic N) is 2. The zero-order chi connectivity index (χ0) is 18.6. The summed E-state index contributed by atoms with van der Waals surface area (Å²) in [6, 6.07) is 22.1. The highest BCUT2D eigenvalue weighted by molar-refractivity contribution is 6.30. The van der Waals surface area contributed by atoms with Gasteiger partial charge >= 0.3 is 0 Å². The minimum Gasteiger partial charge on any atom is -0.497 e. The van der Waals surface area contributed by atoms with Gasteiger partial charge in [0.2, 0.25) is 0 Å². The van der Waals surface area contributed by atoms with Crippen LogP contribution in [0.4, 0.5) is 5.82 Å². The van der Waals surface area contributed by atoms with Gasteiger partial charge in [-0.2, -0.15) is 0 Å². The summed E-state index contributed by atoms with van der Waals surface area (Å²) in [5, 5.41) is 4.22. The topological polar surface area (TPSA) is 38.6 Å². The Balaban J connectivity index is 1.68. The lowest BCUT2D eigenvalue weighted by atomic mass is 10.1. The summed E-state index contributed by atoms with van der Waals surface area (Å²) in [4.78, 5) is 4.81. The van der Waals surface area contributed by atoms with Crippen LogP contribution in [0.1, 0.15) is 5.56 Å². The van der Waals surface area contributed by atoms with E-state index >= 15 is 0 Å². The molecule has 0 aliphatic heterocycles. The fourth-order valence-corrected chi connectivity index (χ4v) is 3.27. The molecule has 27 heavy (non-hydrogen) atoms. The summed E-state index contributed by atoms with van der Waals surface area (Å²) < 4.78 is 7.27. The van der Waals surface area contributed by atoms with Crippen LogP contribution in [-0.2, 0) is 6.42 Å². The molecule has 1 N–H and O–H groups in total. The second-order valence-electron chi connectivity index (χ2n) is 6.28. The van der Waals surface area contributed by atoms with Gasteiger partial charge < -0.3 is 10.1 Å². The fourth-order valence-electron chi connectivity index (χ4n) is 3.11. The quantitative estimate of drug-likeness (QED) is 0.494. The van der Waals surface area contributed by atoms with Crippen molar-refractivity contribution in [2.75, 3.05) is 19.0 Å². The molecule has 0 spiro atoms. The van der Waals surface area contributed by atoms with Gasteiger partial charge in [0.25, 0.3) is 0 Å². The van der Waals surface area contributed by atoms with Gasteiger partial charge in [0, 0.05) is 18.3 Å². The van der Waals surface area contributed by atoms with Crippen LogP contribution in [0.25, 0.3) is 16.9 Å². The van der Waals surface area contributed by atoms with E-state index in [1.54, 1.807) is 7.11 Å². The molecule has 136 valence electrons. The smallest absolute Gasteiger partial charge is 0.139 e. The van der Waals surface area contributed by atoms with Crippen molar-refractivity contribution in [1.82, 2.24) is 9.38 Å². The standard InChI is InChI=1S/C22H20ClN3O/c1-27-19-10-7-17(8-11-19)21-22(24-14-13-16-5-3-2-4-6-16)26-15-18(23)9-12-20(26)25-21/h2-12,15,24H,13-14H2,1H3. The molecule has 0 aliphatic carbocycles. The fraction of sp³-hybridized carbons (Fsp3) is 0.136. The van der Waals surface area contributed by atoms with Gasteiger partial charge in [0.15, 0.2) is 0 Å². The van der Waals surface area contributed by atoms with Gasteiger partial charge in [-0.05, 0) is 48.4 Å². The van der Waals surface area contributed by atoms with Gasteiger partial charge in [-0.15, -0.1) is 0 Å². The minimum atomic E-state index is 0.673. The maximum atomic E-state index is 6.22. The number of ether oxygens (including phenoxy) is 1. The van der Waals surface area contributed by atoms with Crippen molar-refractivity contribution in [3.63, 3.8) is 0 Å². The van der Waals surface area contributed by atoms with Crippen LogP contribution in [0.5, 0.6) is 5.75 Å². The van der Waals surface area contributed by atoms with E-state index in [-0.39, 0.29) is 0 Å². The van der Waals surface area contributed by atoms with Gasteiger partial charge in [-0.3, -0.25) is 4.40 Å². The van der Waals surface area contributed by atoms with Crippen LogP contribution >= 0.6 is 11.6 Å². The molecule has 0 fully saturated rings. The van der Waals surface area contributed by atoms with Crippen LogP contribution in [0.3, 0.4) is 0 Å². The number of imidazole rings is 1. The molecule has 4 aromatic rings. The number of fused-ring (bicyclic) bond motifs is 1. The van der Waals surface area contributed by atoms with Crippen LogP contribution in [-0.4, -0.2) is 23.0 Å². The number of hydrogen-bond acceptors (Lipinski definition) is 3. The van der Waals surface area contributed by atoms with Crippen molar-refractivity contribution in [1.29, 1.82) is 0 Å². The average Bonchev–Trinajstić information content (AvgIpc) is 3.07. The second kappa shape index (κ2) is 7.72. The molecule has 2 aromatic carbocycles. The van der Waals surface area contributed by atoms with Crippen molar-refractivity contribution in [3.05, 3.63) is 83.5 Å². The van der Waals surface area contributed by atoms with Gasteiger partial charge in [-0.25, -0.2) is 4.98 Å². The highest BCUT2D eigenvalue weighted by Crippen LogP contribution is 2.31. The highest BCUT2D eigenvalue weighted by Gasteiger charge is 2.14. The third-order valence-electron chi connectivity index (χ3n) is 4.49. The van der Waals surface area contributed by atoms with E-state index in [2.05, 4.69) is 29.6 Å². The summed E-state index contributed by atoms with van der Waals surface area (Å²) in [7, 11) is 1.67. The van der Waals surface area contributed by atoms with Crippen molar-refractivity contribution >= 4 is 23.1 Å². The van der Waals surface area contributed by atoms with E-state index in [4.69, 9.17) is 21.3 Å². The zero-order valence-corrected chi connectivity index (χ0v) is 15.8. The minimum absolute atomic E-state index is 0.673. The van der Waals surface area contributed by atoms with Crippen molar-refractivity contribution < 1.29 is 4.74 Å². The predicted octanol–water partition coefficient (Wildman–Crippen LogP) is 5.32. The molecule has 0 bridgehead atoms. The number of halogens is 1. The summed E-state index contributed by atoms with van der Waals surface area (Å²) in [6.45, 7) is 0.799. The predicted molar refractivity (Wildman–Crippen MR) is 111 cm³/mol. The molecule has 0 saturated heterocycles. The van der Waals surface area contributed by atoms with E-state index in [0.717, 1.165) is 41.4 Å². The first kappa shape index (κ1) is 17.4. The van der Waals surface area contributed by atoms with Gasteiger partial charge in [0.1, 0.15) is 22.9 Å². The third-order valence-corrected chi connectivity index (χ3v) is 4.72. The Morgan fingerprint density at radius 1 is 1.00 bits per heavy atom. The first-order valence-electron chi connectivity index (χ1n) is 8.84. The lowest BCUT2D eigenvalue weighted by Gasteiger charge is -2.10. The average molecular weight is 378 g/mol.